The summed E-state index contributed by atoms with van der Waals surface area (Å²) in [5, 5.41) is 21.3. The topological polar surface area (TPSA) is 201 Å². The van der Waals surface area contributed by atoms with Crippen LogP contribution in [0.2, 0.25) is 0 Å². The van der Waals surface area contributed by atoms with Gasteiger partial charge in [-0.2, -0.15) is 0 Å². The van der Waals surface area contributed by atoms with Gasteiger partial charge < -0.3 is 40.7 Å². The summed E-state index contributed by atoms with van der Waals surface area (Å²) in [7, 11) is 1.47. The first-order valence-corrected chi connectivity index (χ1v) is 16.7. The molecule has 2 bridgehead atoms. The lowest BCUT2D eigenvalue weighted by molar-refractivity contribution is -0.134. The fourth-order valence-corrected chi connectivity index (χ4v) is 5.20. The maximum Gasteiger partial charge on any atom is 0.274 e. The van der Waals surface area contributed by atoms with Crippen molar-refractivity contribution >= 4 is 29.5 Å². The van der Waals surface area contributed by atoms with Crippen molar-refractivity contribution in [1.29, 1.82) is 0 Å². The molecule has 49 heavy (non-hydrogen) atoms. The minimum Gasteiger partial charge on any atom is -0.493 e. The molecule has 3 atom stereocenters. The molecule has 2 aliphatic rings. The molecule has 0 spiro atoms. The highest BCUT2D eigenvalue weighted by Crippen LogP contribution is 2.28. The SMILES string of the molecule is COc1cc2ccc1OCC(=O)NCCCN(C(=O)c1cnccn1)CCCCNC(=O)[C@H]([C@@H](C)O)NC(=O)[C@@H](CC(C)C)NC(=O)CC2. The molecule has 15 heteroatoms. The molecule has 3 heterocycles. The zero-order valence-electron chi connectivity index (χ0n) is 28.7. The standard InChI is InChI=1S/C34H49N7O8/c1-22(2)18-25-32(45)40-31(23(3)42)33(46)38-12-5-6-16-41(34(47)26-20-35-14-15-36-26)17-7-13-37-30(44)21-49-27-10-8-24(19-28(27)48-4)9-11-29(43)39-25/h8,10,14-15,19-20,22-23,25,31,42H,5-7,9,11-13,16-18,21H2,1-4H3,(H,37,44)(H,38,46)(H,39,43)(H,40,45)/t23-,25-,31+/m1/s1. The number of fused-ring (bicyclic) bond motifs is 23. The molecule has 4 rings (SSSR count). The first kappa shape index (κ1) is 38.7. The van der Waals surface area contributed by atoms with Crippen LogP contribution in [0.25, 0.3) is 0 Å². The van der Waals surface area contributed by atoms with E-state index in [9.17, 15) is 29.1 Å². The van der Waals surface area contributed by atoms with Gasteiger partial charge in [-0.25, -0.2) is 4.98 Å². The van der Waals surface area contributed by atoms with Crippen molar-refractivity contribution in [1.82, 2.24) is 36.1 Å². The fourth-order valence-electron chi connectivity index (χ4n) is 5.20. The van der Waals surface area contributed by atoms with Crippen LogP contribution in [0.3, 0.4) is 0 Å². The third kappa shape index (κ3) is 13.0. The Balaban J connectivity index is 1.78. The number of hydrogen-bond acceptors (Lipinski definition) is 10. The summed E-state index contributed by atoms with van der Waals surface area (Å²) in [4.78, 5) is 74.7. The van der Waals surface area contributed by atoms with Crippen molar-refractivity contribution in [2.45, 2.75) is 77.5 Å². The van der Waals surface area contributed by atoms with Crippen LogP contribution < -0.4 is 30.7 Å². The number of aliphatic hydroxyl groups is 1. The molecule has 1 aromatic carbocycles. The molecule has 0 radical (unpaired) electrons. The Bertz CT molecular complexity index is 1410. The summed E-state index contributed by atoms with van der Waals surface area (Å²) in [6, 6.07) is 2.98. The van der Waals surface area contributed by atoms with E-state index < -0.39 is 30.0 Å². The van der Waals surface area contributed by atoms with Crippen molar-refractivity contribution in [3.05, 3.63) is 48.0 Å². The molecule has 0 saturated carbocycles. The number of carbonyl (C=O) groups is 5. The molecular weight excluding hydrogens is 634 g/mol. The quantitative estimate of drug-likeness (QED) is 0.280. The molecule has 0 unspecified atom stereocenters. The van der Waals surface area contributed by atoms with Crippen LogP contribution in [-0.2, 0) is 25.6 Å². The third-order valence-corrected chi connectivity index (χ3v) is 7.80. The van der Waals surface area contributed by atoms with E-state index in [0.717, 1.165) is 5.56 Å². The predicted octanol–water partition coefficient (Wildman–Crippen LogP) is 0.752. The predicted molar refractivity (Wildman–Crippen MR) is 180 cm³/mol. The van der Waals surface area contributed by atoms with Gasteiger partial charge >= 0.3 is 0 Å². The Morgan fingerprint density at radius 2 is 1.73 bits per heavy atom. The molecule has 0 saturated heterocycles. The van der Waals surface area contributed by atoms with Crippen LogP contribution in [0.15, 0.2) is 36.8 Å². The van der Waals surface area contributed by atoms with Crippen molar-refractivity contribution in [2.24, 2.45) is 5.92 Å². The Labute approximate surface area is 286 Å². The van der Waals surface area contributed by atoms with Gasteiger partial charge in [0, 0.05) is 45.0 Å². The van der Waals surface area contributed by atoms with E-state index in [2.05, 4.69) is 31.2 Å². The van der Waals surface area contributed by atoms with Gasteiger partial charge in [0.2, 0.25) is 17.7 Å². The first-order chi connectivity index (χ1) is 23.5. The van der Waals surface area contributed by atoms with E-state index in [-0.39, 0.29) is 48.9 Å². The number of aliphatic hydroxyl groups excluding tert-OH is 1. The highest BCUT2D eigenvalue weighted by Gasteiger charge is 2.30. The Morgan fingerprint density at radius 1 is 0.980 bits per heavy atom. The van der Waals surface area contributed by atoms with Gasteiger partial charge in [-0.3, -0.25) is 29.0 Å². The highest BCUT2D eigenvalue weighted by molar-refractivity contribution is 5.93. The zero-order valence-corrected chi connectivity index (χ0v) is 28.7. The summed E-state index contributed by atoms with van der Waals surface area (Å²) >= 11 is 0. The molecule has 5 amide bonds. The second-order valence-corrected chi connectivity index (χ2v) is 12.3. The maximum atomic E-state index is 13.3. The van der Waals surface area contributed by atoms with E-state index in [1.165, 1.54) is 32.6 Å². The largest absolute Gasteiger partial charge is 0.493 e. The number of hydrogen-bond donors (Lipinski definition) is 5. The summed E-state index contributed by atoms with van der Waals surface area (Å²) < 4.78 is 11.2. The summed E-state index contributed by atoms with van der Waals surface area (Å²) in [5.41, 5.74) is 0.969. The lowest BCUT2D eigenvalue weighted by atomic mass is 10.0. The smallest absolute Gasteiger partial charge is 0.274 e. The zero-order chi connectivity index (χ0) is 35.8. The second-order valence-electron chi connectivity index (χ2n) is 12.3. The van der Waals surface area contributed by atoms with Crippen LogP contribution in [0.4, 0.5) is 0 Å². The Kier molecular flexibility index (Phi) is 15.7. The van der Waals surface area contributed by atoms with Crippen molar-refractivity contribution in [3.63, 3.8) is 0 Å². The number of aromatic nitrogens is 2. The second kappa shape index (κ2) is 19.9. The molecular formula is C34H49N7O8. The average Bonchev–Trinajstić information content (AvgIpc) is 3.08. The van der Waals surface area contributed by atoms with Crippen molar-refractivity contribution in [3.8, 4) is 11.5 Å². The molecule has 5 N–H and O–H groups in total. The minimum absolute atomic E-state index is 0.0504. The van der Waals surface area contributed by atoms with Crippen LogP contribution >= 0.6 is 0 Å². The van der Waals surface area contributed by atoms with Gasteiger partial charge in [0.15, 0.2) is 18.1 Å². The third-order valence-electron chi connectivity index (χ3n) is 7.80. The molecule has 0 aliphatic carbocycles. The molecule has 15 nitrogen and oxygen atoms in total. The number of carbonyl (C=O) groups excluding carboxylic acids is 5. The van der Waals surface area contributed by atoms with Crippen LogP contribution in [0.5, 0.6) is 11.5 Å². The summed E-state index contributed by atoms with van der Waals surface area (Å²) in [6.07, 6.45) is 5.34. The van der Waals surface area contributed by atoms with Crippen LogP contribution in [0.1, 0.15) is 68.9 Å². The number of aryl methyl sites for hydroxylation is 1. The van der Waals surface area contributed by atoms with Gasteiger partial charge in [0.25, 0.3) is 11.8 Å². The molecule has 2 aliphatic heterocycles. The van der Waals surface area contributed by atoms with Gasteiger partial charge in [0.05, 0.1) is 19.4 Å². The monoisotopic (exact) mass is 683 g/mol. The molecule has 268 valence electrons. The summed E-state index contributed by atoms with van der Waals surface area (Å²) in [6.45, 7) is 6.20. The number of benzene rings is 1. The lowest BCUT2D eigenvalue weighted by Gasteiger charge is -2.26. The van der Waals surface area contributed by atoms with E-state index >= 15 is 0 Å². The average molecular weight is 684 g/mol. The summed E-state index contributed by atoms with van der Waals surface area (Å²) in [5.74, 6) is -1.35. The number of nitrogens with zero attached hydrogens (tertiary/aromatic N) is 3. The molecule has 0 fully saturated rings. The Hall–Kier alpha value is -4.79. The lowest BCUT2D eigenvalue weighted by Crippen LogP contribution is -2.57. The minimum atomic E-state index is -1.24. The van der Waals surface area contributed by atoms with Gasteiger partial charge in [-0.05, 0) is 62.6 Å². The number of nitrogens with one attached hydrogen (secondary N) is 4. The van der Waals surface area contributed by atoms with E-state index in [1.807, 2.05) is 13.8 Å². The fraction of sp³-hybridized carbons (Fsp3) is 0.559. The van der Waals surface area contributed by atoms with Gasteiger partial charge in [0.1, 0.15) is 17.8 Å². The Morgan fingerprint density at radius 3 is 2.43 bits per heavy atom. The van der Waals surface area contributed by atoms with E-state index in [4.69, 9.17) is 9.47 Å². The van der Waals surface area contributed by atoms with Crippen LogP contribution in [-0.4, -0.2) is 108 Å². The molecule has 1 aromatic heterocycles. The van der Waals surface area contributed by atoms with E-state index in [1.54, 1.807) is 23.1 Å². The first-order valence-electron chi connectivity index (χ1n) is 16.7. The van der Waals surface area contributed by atoms with Crippen molar-refractivity contribution in [2.75, 3.05) is 39.9 Å². The van der Waals surface area contributed by atoms with Crippen LogP contribution in [0, 0.1) is 5.92 Å². The number of methoxy groups -OCH3 is 1. The van der Waals surface area contributed by atoms with Gasteiger partial charge in [-0.1, -0.05) is 19.9 Å². The normalized spacial score (nSPS) is 20.3. The maximum absolute atomic E-state index is 13.3. The van der Waals surface area contributed by atoms with E-state index in [0.29, 0.717) is 63.2 Å². The highest BCUT2D eigenvalue weighted by atomic mass is 16.5. The van der Waals surface area contributed by atoms with Gasteiger partial charge in [-0.15, -0.1) is 0 Å². The molecule has 2 aromatic rings. The number of amides is 5. The number of rotatable bonds is 5. The number of ether oxygens (including phenoxy) is 2. The van der Waals surface area contributed by atoms with Crippen molar-refractivity contribution < 1.29 is 38.6 Å².